The van der Waals surface area contributed by atoms with Crippen molar-refractivity contribution in [3.63, 3.8) is 0 Å². The lowest BCUT2D eigenvalue weighted by Crippen LogP contribution is -2.37. The predicted molar refractivity (Wildman–Crippen MR) is 61.8 cm³/mol. The fourth-order valence-electron chi connectivity index (χ4n) is 0.764. The third-order valence-corrected chi connectivity index (χ3v) is 3.95. The number of rotatable bonds is 8. The van der Waals surface area contributed by atoms with Gasteiger partial charge in [-0.25, -0.2) is 0 Å². The summed E-state index contributed by atoms with van der Waals surface area (Å²) in [5.41, 5.74) is -1.56. The molecule has 0 aromatic heterocycles. The first-order valence-corrected chi connectivity index (χ1v) is 8.01. The van der Waals surface area contributed by atoms with Crippen LogP contribution in [0.1, 0.15) is 20.3 Å². The van der Waals surface area contributed by atoms with Gasteiger partial charge in [-0.15, -0.1) is 0 Å². The van der Waals surface area contributed by atoms with E-state index >= 15 is 0 Å². The molecule has 0 fully saturated rings. The van der Waals surface area contributed by atoms with Crippen LogP contribution in [0.2, 0.25) is 0 Å². The first-order chi connectivity index (χ1) is 7.86. The normalized spacial score (nSPS) is 13.5. The summed E-state index contributed by atoms with van der Waals surface area (Å²) in [5, 5.41) is 10.5. The van der Waals surface area contributed by atoms with Crippen LogP contribution < -0.4 is 0 Å². The monoisotopic (exact) mass is 305 g/mol. The molecule has 0 saturated carbocycles. The van der Waals surface area contributed by atoms with Crippen molar-refractivity contribution in [2.24, 2.45) is 0 Å². The number of hydrogen-bond acceptors (Lipinski definition) is 7. The lowest BCUT2D eigenvalue weighted by Gasteiger charge is -2.15. The van der Waals surface area contributed by atoms with Crippen molar-refractivity contribution in [2.75, 3.05) is 18.1 Å². The molecule has 11 heteroatoms. The van der Waals surface area contributed by atoms with Crippen LogP contribution >= 0.6 is 0 Å². The Bertz CT molecular complexity index is 492. The highest BCUT2D eigenvalue weighted by molar-refractivity contribution is 7.87. The maximum Gasteiger partial charge on any atom is 0.267 e. The highest BCUT2D eigenvalue weighted by Gasteiger charge is 2.33. The van der Waals surface area contributed by atoms with E-state index < -0.39 is 48.8 Å². The summed E-state index contributed by atoms with van der Waals surface area (Å²) in [7, 11) is -8.28. The predicted octanol–water partition coefficient (Wildman–Crippen LogP) is -0.334. The van der Waals surface area contributed by atoms with Crippen LogP contribution in [0.3, 0.4) is 0 Å². The van der Waals surface area contributed by atoms with Crippen molar-refractivity contribution in [1.29, 1.82) is 0 Å². The van der Waals surface area contributed by atoms with Crippen molar-refractivity contribution in [1.82, 2.24) is 0 Å². The molecule has 0 bridgehead atoms. The van der Waals surface area contributed by atoms with Crippen molar-refractivity contribution in [2.45, 2.75) is 25.8 Å². The van der Waals surface area contributed by atoms with E-state index in [0.717, 1.165) is 0 Å². The molecule has 0 aromatic carbocycles. The maximum absolute atomic E-state index is 11.3. The van der Waals surface area contributed by atoms with Crippen molar-refractivity contribution in [3.05, 3.63) is 10.1 Å². The second-order valence-electron chi connectivity index (χ2n) is 4.23. The van der Waals surface area contributed by atoms with Gasteiger partial charge in [0.1, 0.15) is 6.61 Å². The van der Waals surface area contributed by atoms with E-state index in [4.69, 9.17) is 4.55 Å². The van der Waals surface area contributed by atoms with Crippen LogP contribution in [0, 0.1) is 10.1 Å². The van der Waals surface area contributed by atoms with Gasteiger partial charge in [0.25, 0.3) is 20.2 Å². The van der Waals surface area contributed by atoms with Crippen LogP contribution in [-0.2, 0) is 24.4 Å². The molecule has 0 aliphatic rings. The van der Waals surface area contributed by atoms with Gasteiger partial charge < -0.3 is 0 Å². The van der Waals surface area contributed by atoms with E-state index in [9.17, 15) is 26.9 Å². The van der Waals surface area contributed by atoms with Crippen molar-refractivity contribution >= 4 is 20.2 Å². The second kappa shape index (κ2) is 5.91. The molecule has 0 aliphatic carbocycles. The second-order valence-corrected chi connectivity index (χ2v) is 7.56. The number of nitro groups is 1. The minimum atomic E-state index is -4.23. The first-order valence-electron chi connectivity index (χ1n) is 4.82. The lowest BCUT2D eigenvalue weighted by atomic mass is 10.1. The molecule has 1 N–H and O–H groups in total. The lowest BCUT2D eigenvalue weighted by molar-refractivity contribution is -0.562. The summed E-state index contributed by atoms with van der Waals surface area (Å²) < 4.78 is 56.1. The van der Waals surface area contributed by atoms with Crippen LogP contribution in [0.25, 0.3) is 0 Å². The molecular weight excluding hydrogens is 290 g/mol. The average Bonchev–Trinajstić information content (AvgIpc) is 2.12. The van der Waals surface area contributed by atoms with E-state index in [1.165, 1.54) is 13.8 Å². The van der Waals surface area contributed by atoms with E-state index in [1.807, 2.05) is 0 Å². The molecule has 0 radical (unpaired) electrons. The molecule has 18 heavy (non-hydrogen) atoms. The van der Waals surface area contributed by atoms with Gasteiger partial charge >= 0.3 is 0 Å². The first kappa shape index (κ1) is 17.2. The molecule has 0 spiro atoms. The van der Waals surface area contributed by atoms with Crippen LogP contribution in [0.15, 0.2) is 0 Å². The standard InChI is InChI=1S/C7H15NO8S2/c1-7(2,8(9)10)6-16-18(14,15)5-3-4-17(11,12)13/h3-6H2,1-2H3,(H,11,12,13). The van der Waals surface area contributed by atoms with Gasteiger partial charge in [0.15, 0.2) is 0 Å². The van der Waals surface area contributed by atoms with Gasteiger partial charge in [0, 0.05) is 18.8 Å². The molecule has 0 aliphatic heterocycles. The van der Waals surface area contributed by atoms with E-state index in [2.05, 4.69) is 4.18 Å². The highest BCUT2D eigenvalue weighted by atomic mass is 32.2. The molecule has 9 nitrogen and oxygen atoms in total. The number of nitrogens with zero attached hydrogens (tertiary/aromatic N) is 1. The summed E-state index contributed by atoms with van der Waals surface area (Å²) in [6, 6.07) is 0. The third kappa shape index (κ3) is 7.53. The minimum absolute atomic E-state index is 0.347. The fraction of sp³-hybridized carbons (Fsp3) is 1.00. The summed E-state index contributed by atoms with van der Waals surface area (Å²) in [5.74, 6) is -1.35. The van der Waals surface area contributed by atoms with Gasteiger partial charge in [-0.1, -0.05) is 0 Å². The van der Waals surface area contributed by atoms with E-state index in [-0.39, 0.29) is 6.42 Å². The highest BCUT2D eigenvalue weighted by Crippen LogP contribution is 2.10. The molecule has 0 atom stereocenters. The molecule has 0 heterocycles. The maximum atomic E-state index is 11.3. The quantitative estimate of drug-likeness (QED) is 0.278. The average molecular weight is 305 g/mol. The topological polar surface area (TPSA) is 141 Å². The Kier molecular flexibility index (Phi) is 5.65. The molecule has 0 aromatic rings. The van der Waals surface area contributed by atoms with Crippen molar-refractivity contribution < 1.29 is 30.5 Å². The zero-order valence-corrected chi connectivity index (χ0v) is 11.5. The summed E-state index contributed by atoms with van der Waals surface area (Å²) in [6.07, 6.45) is -0.347. The van der Waals surface area contributed by atoms with Crippen LogP contribution in [0.5, 0.6) is 0 Å². The third-order valence-electron chi connectivity index (χ3n) is 1.88. The van der Waals surface area contributed by atoms with E-state index in [1.54, 1.807) is 0 Å². The molecule has 0 amide bonds. The molecule has 0 saturated heterocycles. The zero-order valence-electron chi connectivity index (χ0n) is 9.90. The Hall–Kier alpha value is -0.780. The van der Waals surface area contributed by atoms with Gasteiger partial charge in [0.05, 0.1) is 11.5 Å². The molecule has 108 valence electrons. The smallest absolute Gasteiger partial charge is 0.267 e. The Morgan fingerprint density at radius 2 is 1.72 bits per heavy atom. The van der Waals surface area contributed by atoms with E-state index in [0.29, 0.717) is 0 Å². The molecular formula is C7H15NO8S2. The Morgan fingerprint density at radius 3 is 2.11 bits per heavy atom. The Morgan fingerprint density at radius 1 is 1.22 bits per heavy atom. The van der Waals surface area contributed by atoms with Crippen LogP contribution in [-0.4, -0.2) is 50.0 Å². The largest absolute Gasteiger partial charge is 0.286 e. The van der Waals surface area contributed by atoms with Gasteiger partial charge in [0.2, 0.25) is 5.54 Å². The van der Waals surface area contributed by atoms with Crippen molar-refractivity contribution in [3.8, 4) is 0 Å². The summed E-state index contributed by atoms with van der Waals surface area (Å²) in [6.45, 7) is 1.75. The fourth-order valence-corrected chi connectivity index (χ4v) is 2.54. The van der Waals surface area contributed by atoms with Gasteiger partial charge in [-0.3, -0.25) is 18.9 Å². The zero-order chi connectivity index (χ0) is 14.6. The Labute approximate surface area is 105 Å². The summed E-state index contributed by atoms with van der Waals surface area (Å²) in [4.78, 5) is 9.82. The molecule has 0 unspecified atom stereocenters. The van der Waals surface area contributed by atoms with Gasteiger partial charge in [-0.05, 0) is 6.42 Å². The number of hydrogen-bond donors (Lipinski definition) is 1. The minimum Gasteiger partial charge on any atom is -0.286 e. The Balaban J connectivity index is 4.30. The van der Waals surface area contributed by atoms with Crippen LogP contribution in [0.4, 0.5) is 0 Å². The summed E-state index contributed by atoms with van der Waals surface area (Å²) >= 11 is 0. The SMILES string of the molecule is CC(C)(COS(=O)(=O)CCCS(=O)(=O)O)[N+](=O)[O-]. The van der Waals surface area contributed by atoms with Gasteiger partial charge in [-0.2, -0.15) is 16.8 Å². The molecule has 0 rings (SSSR count).